The number of aromatic nitrogens is 1. The highest BCUT2D eigenvalue weighted by molar-refractivity contribution is 9.10. The Morgan fingerprint density at radius 2 is 2.18 bits per heavy atom. The van der Waals surface area contributed by atoms with Gasteiger partial charge in [0.25, 0.3) is 0 Å². The third kappa shape index (κ3) is 2.69. The summed E-state index contributed by atoms with van der Waals surface area (Å²) in [5.74, 6) is 0.574. The zero-order valence-electron chi connectivity index (χ0n) is 10.00. The van der Waals surface area contributed by atoms with E-state index in [4.69, 9.17) is 5.73 Å². The van der Waals surface area contributed by atoms with Crippen molar-refractivity contribution in [3.05, 3.63) is 28.9 Å². The summed E-state index contributed by atoms with van der Waals surface area (Å²) in [5, 5.41) is 4.45. The Morgan fingerprint density at radius 1 is 1.41 bits per heavy atom. The Hall–Kier alpha value is -1.29. The molecule has 0 saturated heterocycles. The van der Waals surface area contributed by atoms with E-state index >= 15 is 0 Å². The molecule has 0 atom stereocenters. The summed E-state index contributed by atoms with van der Waals surface area (Å²) in [4.78, 5) is 4.32. The van der Waals surface area contributed by atoms with Gasteiger partial charge in [0.2, 0.25) is 0 Å². The second kappa shape index (κ2) is 4.92. The van der Waals surface area contributed by atoms with Crippen LogP contribution in [-0.2, 0) is 0 Å². The number of halogens is 1. The zero-order chi connectivity index (χ0) is 12.4. The predicted octanol–water partition coefficient (Wildman–Crippen LogP) is 3.65. The highest BCUT2D eigenvalue weighted by Gasteiger charge is 2.07. The Morgan fingerprint density at radius 3 is 2.88 bits per heavy atom. The maximum Gasteiger partial charge on any atom is 0.0743 e. The summed E-state index contributed by atoms with van der Waals surface area (Å²) in [6.07, 6.45) is 1.71. The van der Waals surface area contributed by atoms with Crippen molar-refractivity contribution >= 4 is 38.2 Å². The molecule has 0 saturated carbocycles. The van der Waals surface area contributed by atoms with Gasteiger partial charge < -0.3 is 11.1 Å². The molecule has 0 aliphatic heterocycles. The Bertz CT molecular complexity index is 532. The van der Waals surface area contributed by atoms with Gasteiger partial charge in [0.15, 0.2) is 0 Å². The number of rotatable bonds is 3. The van der Waals surface area contributed by atoms with Crippen molar-refractivity contribution in [2.75, 3.05) is 17.6 Å². The van der Waals surface area contributed by atoms with Crippen LogP contribution >= 0.6 is 15.9 Å². The van der Waals surface area contributed by atoms with E-state index in [1.807, 2.05) is 18.2 Å². The monoisotopic (exact) mass is 293 g/mol. The van der Waals surface area contributed by atoms with Crippen molar-refractivity contribution in [3.63, 3.8) is 0 Å². The summed E-state index contributed by atoms with van der Waals surface area (Å²) in [6, 6.07) is 6.01. The highest BCUT2D eigenvalue weighted by atomic mass is 79.9. The van der Waals surface area contributed by atoms with E-state index in [1.165, 1.54) is 0 Å². The van der Waals surface area contributed by atoms with Crippen molar-refractivity contribution in [1.82, 2.24) is 4.98 Å². The number of nitrogen functional groups attached to an aromatic ring is 1. The number of benzene rings is 1. The van der Waals surface area contributed by atoms with Crippen LogP contribution in [0.2, 0.25) is 0 Å². The first-order chi connectivity index (χ1) is 8.08. The SMILES string of the molecule is CC(C)CNc1c(N)cnc2ccc(Br)cc12. The van der Waals surface area contributed by atoms with Crippen LogP contribution in [0.4, 0.5) is 11.4 Å². The summed E-state index contributed by atoms with van der Waals surface area (Å²) < 4.78 is 1.03. The number of hydrogen-bond acceptors (Lipinski definition) is 3. The average Bonchev–Trinajstić information content (AvgIpc) is 2.27. The minimum absolute atomic E-state index is 0.574. The number of nitrogens with one attached hydrogen (secondary N) is 1. The highest BCUT2D eigenvalue weighted by Crippen LogP contribution is 2.30. The summed E-state index contributed by atoms with van der Waals surface area (Å²) in [6.45, 7) is 5.24. The van der Waals surface area contributed by atoms with Crippen LogP contribution in [0.1, 0.15) is 13.8 Å². The van der Waals surface area contributed by atoms with Crippen LogP contribution in [0.25, 0.3) is 10.9 Å². The van der Waals surface area contributed by atoms with Crippen molar-refractivity contribution in [3.8, 4) is 0 Å². The number of anilines is 2. The molecule has 1 heterocycles. The molecule has 2 rings (SSSR count). The second-order valence-corrected chi connectivity index (χ2v) is 5.44. The Labute approximate surface area is 110 Å². The maximum absolute atomic E-state index is 5.98. The molecule has 1 aromatic carbocycles. The van der Waals surface area contributed by atoms with E-state index in [2.05, 4.69) is 40.1 Å². The third-order valence-corrected chi connectivity index (χ3v) is 3.04. The van der Waals surface area contributed by atoms with Gasteiger partial charge in [0, 0.05) is 16.4 Å². The predicted molar refractivity (Wildman–Crippen MR) is 77.2 cm³/mol. The molecule has 1 aromatic heterocycles. The standard InChI is InChI=1S/C13H16BrN3/c1-8(2)6-17-13-10-5-9(14)3-4-12(10)16-7-11(13)15/h3-5,7-8H,6,15H2,1-2H3,(H,16,17). The summed E-state index contributed by atoms with van der Waals surface area (Å²) in [5.41, 5.74) is 8.60. The number of nitrogens with zero attached hydrogens (tertiary/aromatic N) is 1. The lowest BCUT2D eigenvalue weighted by atomic mass is 10.1. The average molecular weight is 294 g/mol. The van der Waals surface area contributed by atoms with E-state index in [0.29, 0.717) is 11.6 Å². The molecule has 4 heteroatoms. The summed E-state index contributed by atoms with van der Waals surface area (Å²) in [7, 11) is 0. The van der Waals surface area contributed by atoms with E-state index in [1.54, 1.807) is 6.20 Å². The molecule has 0 fully saturated rings. The van der Waals surface area contributed by atoms with Gasteiger partial charge >= 0.3 is 0 Å². The quantitative estimate of drug-likeness (QED) is 0.908. The first-order valence-electron chi connectivity index (χ1n) is 5.65. The largest absolute Gasteiger partial charge is 0.396 e. The zero-order valence-corrected chi connectivity index (χ0v) is 11.6. The van der Waals surface area contributed by atoms with Gasteiger partial charge in [-0.15, -0.1) is 0 Å². The van der Waals surface area contributed by atoms with Crippen LogP contribution in [0.15, 0.2) is 28.9 Å². The van der Waals surface area contributed by atoms with Gasteiger partial charge in [0.05, 0.1) is 23.1 Å². The van der Waals surface area contributed by atoms with E-state index < -0.39 is 0 Å². The minimum atomic E-state index is 0.574. The molecule has 0 spiro atoms. The maximum atomic E-state index is 5.98. The van der Waals surface area contributed by atoms with E-state index in [9.17, 15) is 0 Å². The normalized spacial score (nSPS) is 11.1. The Kier molecular flexibility index (Phi) is 3.52. The van der Waals surface area contributed by atoms with E-state index in [-0.39, 0.29) is 0 Å². The van der Waals surface area contributed by atoms with Crippen LogP contribution in [0.5, 0.6) is 0 Å². The van der Waals surface area contributed by atoms with Crippen LogP contribution < -0.4 is 11.1 Å². The Balaban J connectivity index is 2.50. The van der Waals surface area contributed by atoms with Gasteiger partial charge in [-0.3, -0.25) is 4.98 Å². The molecule has 0 aliphatic rings. The van der Waals surface area contributed by atoms with E-state index in [0.717, 1.165) is 27.6 Å². The fourth-order valence-corrected chi connectivity index (χ4v) is 2.04. The van der Waals surface area contributed by atoms with Crippen molar-refractivity contribution in [1.29, 1.82) is 0 Å². The van der Waals surface area contributed by atoms with Crippen LogP contribution in [-0.4, -0.2) is 11.5 Å². The van der Waals surface area contributed by atoms with Gasteiger partial charge in [-0.2, -0.15) is 0 Å². The third-order valence-electron chi connectivity index (χ3n) is 2.55. The first-order valence-corrected chi connectivity index (χ1v) is 6.45. The molecule has 90 valence electrons. The number of pyridine rings is 1. The second-order valence-electron chi connectivity index (χ2n) is 4.52. The molecular formula is C13H16BrN3. The first kappa shape index (κ1) is 12.2. The van der Waals surface area contributed by atoms with Crippen LogP contribution in [0.3, 0.4) is 0 Å². The molecule has 0 radical (unpaired) electrons. The molecule has 0 unspecified atom stereocenters. The van der Waals surface area contributed by atoms with Crippen molar-refractivity contribution in [2.24, 2.45) is 5.92 Å². The van der Waals surface area contributed by atoms with Gasteiger partial charge in [-0.1, -0.05) is 29.8 Å². The molecular weight excluding hydrogens is 278 g/mol. The number of nitrogens with two attached hydrogens (primary N) is 1. The fraction of sp³-hybridized carbons (Fsp3) is 0.308. The smallest absolute Gasteiger partial charge is 0.0743 e. The van der Waals surface area contributed by atoms with Crippen molar-refractivity contribution in [2.45, 2.75) is 13.8 Å². The molecule has 0 aliphatic carbocycles. The topological polar surface area (TPSA) is 50.9 Å². The summed E-state index contributed by atoms with van der Waals surface area (Å²) >= 11 is 3.47. The van der Waals surface area contributed by atoms with Crippen molar-refractivity contribution < 1.29 is 0 Å². The molecule has 0 amide bonds. The van der Waals surface area contributed by atoms with Gasteiger partial charge in [-0.05, 0) is 24.1 Å². The molecule has 3 N–H and O–H groups in total. The van der Waals surface area contributed by atoms with Gasteiger partial charge in [-0.25, -0.2) is 0 Å². The lowest BCUT2D eigenvalue weighted by Crippen LogP contribution is -2.10. The lowest BCUT2D eigenvalue weighted by Gasteiger charge is -2.14. The lowest BCUT2D eigenvalue weighted by molar-refractivity contribution is 0.689. The van der Waals surface area contributed by atoms with Gasteiger partial charge in [0.1, 0.15) is 0 Å². The molecule has 2 aromatic rings. The van der Waals surface area contributed by atoms with Crippen LogP contribution in [0, 0.1) is 5.92 Å². The molecule has 3 nitrogen and oxygen atoms in total. The number of hydrogen-bond donors (Lipinski definition) is 2. The number of fused-ring (bicyclic) bond motifs is 1. The molecule has 0 bridgehead atoms. The fourth-order valence-electron chi connectivity index (χ4n) is 1.68. The molecule has 17 heavy (non-hydrogen) atoms. The minimum Gasteiger partial charge on any atom is -0.396 e.